The number of esters is 1. The van der Waals surface area contributed by atoms with Crippen molar-refractivity contribution in [3.8, 4) is 0 Å². The second-order valence-corrected chi connectivity index (χ2v) is 22.8. The summed E-state index contributed by atoms with van der Waals surface area (Å²) in [6.07, 6.45) is 77.9. The molecule has 73 heavy (non-hydrogen) atoms. The quantitative estimate of drug-likeness (QED) is 0.0320. The second kappa shape index (κ2) is 62.9. The molecule has 0 saturated carbocycles. The first-order chi connectivity index (χ1) is 36.0. The van der Waals surface area contributed by atoms with E-state index in [9.17, 15) is 19.8 Å². The largest absolute Gasteiger partial charge is 0.466 e. The zero-order valence-corrected chi connectivity index (χ0v) is 49.4. The van der Waals surface area contributed by atoms with Crippen molar-refractivity contribution in [3.63, 3.8) is 0 Å². The lowest BCUT2D eigenvalue weighted by Crippen LogP contribution is -2.45. The molecule has 0 spiro atoms. The number of allylic oxidation sites excluding steroid dienone is 4. The van der Waals surface area contributed by atoms with Crippen LogP contribution >= 0.6 is 0 Å². The maximum Gasteiger partial charge on any atom is 0.305 e. The lowest BCUT2D eigenvalue weighted by molar-refractivity contribution is -0.143. The number of aliphatic hydroxyl groups excluding tert-OH is 2. The first kappa shape index (κ1) is 71.3. The molecule has 0 rings (SSSR count). The molecule has 1 amide bonds. The highest BCUT2D eigenvalue weighted by Gasteiger charge is 2.20. The van der Waals surface area contributed by atoms with Gasteiger partial charge in [0.25, 0.3) is 0 Å². The van der Waals surface area contributed by atoms with E-state index in [1.807, 2.05) is 0 Å². The Hall–Kier alpha value is -1.66. The third-order valence-electron chi connectivity index (χ3n) is 15.5. The number of carbonyl (C=O) groups is 2. The van der Waals surface area contributed by atoms with Crippen LogP contribution in [-0.2, 0) is 14.3 Å². The Morgan fingerprint density at radius 2 is 0.685 bits per heavy atom. The highest BCUT2D eigenvalue weighted by Crippen LogP contribution is 2.19. The normalized spacial score (nSPS) is 12.7. The summed E-state index contributed by atoms with van der Waals surface area (Å²) in [5, 5.41) is 23.2. The lowest BCUT2D eigenvalue weighted by atomic mass is 10.0. The monoisotopic (exact) mass is 1030 g/mol. The summed E-state index contributed by atoms with van der Waals surface area (Å²) in [4.78, 5) is 24.5. The van der Waals surface area contributed by atoms with E-state index in [4.69, 9.17) is 4.74 Å². The summed E-state index contributed by atoms with van der Waals surface area (Å²) >= 11 is 0. The number of hydrogen-bond donors (Lipinski definition) is 3. The molecule has 3 N–H and O–H groups in total. The molecular formula is C67H129NO5. The molecule has 0 aliphatic heterocycles. The van der Waals surface area contributed by atoms with Gasteiger partial charge >= 0.3 is 5.97 Å². The summed E-state index contributed by atoms with van der Waals surface area (Å²) in [6, 6.07) is -0.537. The molecule has 432 valence electrons. The zero-order valence-electron chi connectivity index (χ0n) is 49.4. The van der Waals surface area contributed by atoms with E-state index in [1.165, 1.54) is 283 Å². The van der Waals surface area contributed by atoms with E-state index in [-0.39, 0.29) is 18.5 Å². The van der Waals surface area contributed by atoms with Crippen LogP contribution in [0.25, 0.3) is 0 Å². The van der Waals surface area contributed by atoms with Gasteiger partial charge in [-0.3, -0.25) is 9.59 Å². The smallest absolute Gasteiger partial charge is 0.305 e. The standard InChI is InChI=1S/C67H129NO5/c1-3-5-7-9-11-13-15-17-33-37-41-45-49-53-57-61-67(72)73-62-58-54-50-46-42-38-35-32-30-28-26-24-22-20-18-19-21-23-25-27-29-31-34-36-40-44-48-52-56-60-66(71)68-64(63-69)65(70)59-55-51-47-43-39-16-14-12-10-8-6-4-2/h11,13,17,33,64-65,69-70H,3-10,12,14-16,18-32,34-63H2,1-2H3,(H,68,71)/b13-11-,33-17-. The van der Waals surface area contributed by atoms with Gasteiger partial charge in [-0.2, -0.15) is 0 Å². The predicted molar refractivity (Wildman–Crippen MR) is 320 cm³/mol. The zero-order chi connectivity index (χ0) is 52.9. The van der Waals surface area contributed by atoms with Crippen molar-refractivity contribution >= 4 is 11.9 Å². The fourth-order valence-corrected chi connectivity index (χ4v) is 10.4. The van der Waals surface area contributed by atoms with Crippen LogP contribution < -0.4 is 5.32 Å². The van der Waals surface area contributed by atoms with Crippen LogP contribution in [0, 0.1) is 0 Å². The van der Waals surface area contributed by atoms with Gasteiger partial charge in [0.15, 0.2) is 0 Å². The number of ether oxygens (including phenoxy) is 1. The fraction of sp³-hybridized carbons (Fsp3) is 0.910. The summed E-state index contributed by atoms with van der Waals surface area (Å²) in [5.41, 5.74) is 0. The molecule has 2 unspecified atom stereocenters. The molecule has 2 atom stereocenters. The van der Waals surface area contributed by atoms with Crippen LogP contribution in [0.2, 0.25) is 0 Å². The minimum Gasteiger partial charge on any atom is -0.466 e. The average molecular weight is 1030 g/mol. The van der Waals surface area contributed by atoms with Gasteiger partial charge in [0.2, 0.25) is 5.91 Å². The molecule has 0 heterocycles. The minimum absolute atomic E-state index is 0.00579. The van der Waals surface area contributed by atoms with Crippen molar-refractivity contribution < 1.29 is 24.5 Å². The van der Waals surface area contributed by atoms with Gasteiger partial charge in [-0.05, 0) is 57.8 Å². The number of carbonyl (C=O) groups excluding carboxylic acids is 2. The molecule has 0 radical (unpaired) electrons. The number of rotatable bonds is 62. The van der Waals surface area contributed by atoms with Crippen LogP contribution in [0.15, 0.2) is 24.3 Å². The summed E-state index contributed by atoms with van der Waals surface area (Å²) in [6.45, 7) is 4.94. The highest BCUT2D eigenvalue weighted by molar-refractivity contribution is 5.76. The Kier molecular flexibility index (Phi) is 61.4. The topological polar surface area (TPSA) is 95.9 Å². The molecule has 0 bridgehead atoms. The molecule has 0 aliphatic carbocycles. The van der Waals surface area contributed by atoms with E-state index in [1.54, 1.807) is 0 Å². The third-order valence-corrected chi connectivity index (χ3v) is 15.5. The van der Waals surface area contributed by atoms with Crippen molar-refractivity contribution in [2.24, 2.45) is 0 Å². The van der Waals surface area contributed by atoms with Crippen LogP contribution in [0.5, 0.6) is 0 Å². The van der Waals surface area contributed by atoms with E-state index in [0.29, 0.717) is 25.9 Å². The number of nitrogens with one attached hydrogen (secondary N) is 1. The van der Waals surface area contributed by atoms with E-state index < -0.39 is 12.1 Å². The predicted octanol–water partition coefficient (Wildman–Crippen LogP) is 21.0. The third kappa shape index (κ3) is 59.4. The van der Waals surface area contributed by atoms with Crippen molar-refractivity contribution in [2.75, 3.05) is 13.2 Å². The van der Waals surface area contributed by atoms with Crippen molar-refractivity contribution in [1.82, 2.24) is 5.32 Å². The minimum atomic E-state index is -0.660. The molecule has 0 aromatic rings. The molecule has 0 aromatic heterocycles. The first-order valence-electron chi connectivity index (χ1n) is 33.1. The summed E-state index contributed by atoms with van der Waals surface area (Å²) in [5.74, 6) is -0.0246. The van der Waals surface area contributed by atoms with Crippen LogP contribution in [0.4, 0.5) is 0 Å². The van der Waals surface area contributed by atoms with Crippen molar-refractivity contribution in [1.29, 1.82) is 0 Å². The molecule has 6 nitrogen and oxygen atoms in total. The number of hydrogen-bond acceptors (Lipinski definition) is 5. The average Bonchev–Trinajstić information content (AvgIpc) is 3.39. The van der Waals surface area contributed by atoms with Gasteiger partial charge in [-0.1, -0.05) is 321 Å². The van der Waals surface area contributed by atoms with Gasteiger partial charge in [0, 0.05) is 12.8 Å². The molecule has 6 heteroatoms. The van der Waals surface area contributed by atoms with E-state index in [2.05, 4.69) is 43.5 Å². The Morgan fingerprint density at radius 3 is 1.07 bits per heavy atom. The molecule has 0 aliphatic rings. The maximum atomic E-state index is 12.5. The second-order valence-electron chi connectivity index (χ2n) is 22.8. The number of amides is 1. The Morgan fingerprint density at radius 1 is 0.384 bits per heavy atom. The summed E-state index contributed by atoms with van der Waals surface area (Å²) in [7, 11) is 0. The molecule has 0 aromatic carbocycles. The van der Waals surface area contributed by atoms with Crippen LogP contribution in [0.3, 0.4) is 0 Å². The van der Waals surface area contributed by atoms with Gasteiger partial charge in [-0.15, -0.1) is 0 Å². The van der Waals surface area contributed by atoms with Crippen LogP contribution in [0.1, 0.15) is 367 Å². The van der Waals surface area contributed by atoms with Crippen molar-refractivity contribution in [3.05, 3.63) is 24.3 Å². The lowest BCUT2D eigenvalue weighted by Gasteiger charge is -2.22. The van der Waals surface area contributed by atoms with Gasteiger partial charge in [-0.25, -0.2) is 0 Å². The van der Waals surface area contributed by atoms with E-state index >= 15 is 0 Å². The maximum absolute atomic E-state index is 12.5. The first-order valence-corrected chi connectivity index (χ1v) is 33.1. The summed E-state index contributed by atoms with van der Waals surface area (Å²) < 4.78 is 5.48. The highest BCUT2D eigenvalue weighted by atomic mass is 16.5. The van der Waals surface area contributed by atoms with Gasteiger partial charge in [0.1, 0.15) is 0 Å². The Balaban J connectivity index is 3.32. The molecule has 0 saturated heterocycles. The van der Waals surface area contributed by atoms with Gasteiger partial charge < -0.3 is 20.3 Å². The molecule has 0 fully saturated rings. The van der Waals surface area contributed by atoms with Gasteiger partial charge in [0.05, 0.1) is 25.4 Å². The van der Waals surface area contributed by atoms with Crippen molar-refractivity contribution in [2.45, 2.75) is 379 Å². The van der Waals surface area contributed by atoms with Crippen LogP contribution in [-0.4, -0.2) is 47.4 Å². The number of aliphatic hydroxyl groups is 2. The SMILES string of the molecule is CCCCC/C=C\C/C=C\CCCCCCCC(=O)OCCCCCCCCCCCCCCCCCCCCCCCCCCCCCCCC(=O)NC(CO)C(O)CCCCCCCCCCCCCC. The fourth-order valence-electron chi connectivity index (χ4n) is 10.4. The molecular weight excluding hydrogens is 899 g/mol. The van der Waals surface area contributed by atoms with E-state index in [0.717, 1.165) is 51.4 Å². The Labute approximate surface area is 456 Å². The number of unbranched alkanes of at least 4 members (excludes halogenated alkanes) is 47. The Bertz CT molecular complexity index is 1140.